The van der Waals surface area contributed by atoms with E-state index >= 15 is 0 Å². The Bertz CT molecular complexity index is 1210. The van der Waals surface area contributed by atoms with Crippen LogP contribution >= 0.6 is 0 Å². The van der Waals surface area contributed by atoms with Gasteiger partial charge in [-0.2, -0.15) is 5.26 Å². The fourth-order valence-corrected chi connectivity index (χ4v) is 3.36. The van der Waals surface area contributed by atoms with Gasteiger partial charge in [0.2, 0.25) is 0 Å². The first-order valence-corrected chi connectivity index (χ1v) is 9.84. The number of anilines is 2. The van der Waals surface area contributed by atoms with Crippen molar-refractivity contribution in [3.8, 4) is 22.9 Å². The number of amides is 1. The standard InChI is InChI=1S/C27H20N2O2/c1-31-26-17-15-25(16-18-26)29(27(30)23-9-7-20(19-28)8-10-23)24-13-11-22(12-14-24)21-5-3-2-4-6-21/h2-18H,1H3. The molecule has 4 aromatic rings. The SMILES string of the molecule is COc1ccc(N(C(=O)c2ccc(C#N)cc2)c2ccc(-c3ccccc3)cc2)cc1. The molecule has 0 heterocycles. The smallest absolute Gasteiger partial charge is 0.262 e. The number of methoxy groups -OCH3 is 1. The second-order valence-electron chi connectivity index (χ2n) is 6.94. The van der Waals surface area contributed by atoms with Gasteiger partial charge in [0, 0.05) is 16.9 Å². The fourth-order valence-electron chi connectivity index (χ4n) is 3.36. The summed E-state index contributed by atoms with van der Waals surface area (Å²) in [5.41, 5.74) is 4.68. The van der Waals surface area contributed by atoms with E-state index in [1.54, 1.807) is 36.3 Å². The number of benzene rings is 4. The fraction of sp³-hybridized carbons (Fsp3) is 0.0370. The lowest BCUT2D eigenvalue weighted by Gasteiger charge is -2.24. The highest BCUT2D eigenvalue weighted by atomic mass is 16.5. The van der Waals surface area contributed by atoms with E-state index in [0.29, 0.717) is 16.9 Å². The number of rotatable bonds is 5. The van der Waals surface area contributed by atoms with Crippen LogP contribution in [0.2, 0.25) is 0 Å². The van der Waals surface area contributed by atoms with Crippen LogP contribution in [0.25, 0.3) is 11.1 Å². The van der Waals surface area contributed by atoms with Crippen molar-refractivity contribution in [2.45, 2.75) is 0 Å². The number of carbonyl (C=O) groups is 1. The van der Waals surface area contributed by atoms with Gasteiger partial charge in [0.1, 0.15) is 5.75 Å². The zero-order valence-corrected chi connectivity index (χ0v) is 17.0. The second-order valence-corrected chi connectivity index (χ2v) is 6.94. The summed E-state index contributed by atoms with van der Waals surface area (Å²) >= 11 is 0. The minimum atomic E-state index is -0.179. The monoisotopic (exact) mass is 404 g/mol. The summed E-state index contributed by atoms with van der Waals surface area (Å²) < 4.78 is 5.26. The van der Waals surface area contributed by atoms with Gasteiger partial charge in [-0.05, 0) is 71.8 Å². The third-order valence-electron chi connectivity index (χ3n) is 5.03. The Morgan fingerprint density at radius 1 is 0.742 bits per heavy atom. The van der Waals surface area contributed by atoms with Gasteiger partial charge in [-0.25, -0.2) is 0 Å². The van der Waals surface area contributed by atoms with Crippen LogP contribution in [-0.2, 0) is 0 Å². The van der Waals surface area contributed by atoms with E-state index in [2.05, 4.69) is 18.2 Å². The largest absolute Gasteiger partial charge is 0.497 e. The van der Waals surface area contributed by atoms with Crippen molar-refractivity contribution in [3.05, 3.63) is 114 Å². The quantitative estimate of drug-likeness (QED) is 0.397. The molecule has 0 spiro atoms. The van der Waals surface area contributed by atoms with Crippen molar-refractivity contribution in [2.75, 3.05) is 12.0 Å². The highest BCUT2D eigenvalue weighted by Gasteiger charge is 2.20. The van der Waals surface area contributed by atoms with Gasteiger partial charge in [-0.15, -0.1) is 0 Å². The molecule has 0 atom stereocenters. The highest BCUT2D eigenvalue weighted by Crippen LogP contribution is 2.31. The Balaban J connectivity index is 1.74. The van der Waals surface area contributed by atoms with E-state index in [1.807, 2.05) is 66.7 Å². The predicted molar refractivity (Wildman–Crippen MR) is 122 cm³/mol. The van der Waals surface area contributed by atoms with Crippen molar-refractivity contribution in [1.29, 1.82) is 5.26 Å². The summed E-state index contributed by atoms with van der Waals surface area (Å²) in [5, 5.41) is 9.04. The van der Waals surface area contributed by atoms with Gasteiger partial charge in [0.15, 0.2) is 0 Å². The third-order valence-corrected chi connectivity index (χ3v) is 5.03. The Morgan fingerprint density at radius 3 is 1.84 bits per heavy atom. The number of carbonyl (C=O) groups excluding carboxylic acids is 1. The molecule has 0 saturated heterocycles. The molecule has 4 aromatic carbocycles. The lowest BCUT2D eigenvalue weighted by Crippen LogP contribution is -2.25. The Hall–Kier alpha value is -4.36. The molecule has 1 amide bonds. The van der Waals surface area contributed by atoms with Crippen molar-refractivity contribution in [3.63, 3.8) is 0 Å². The molecule has 0 aliphatic heterocycles. The number of hydrogen-bond acceptors (Lipinski definition) is 3. The van der Waals surface area contributed by atoms with E-state index in [4.69, 9.17) is 10.00 Å². The average molecular weight is 404 g/mol. The Labute approximate surface area is 181 Å². The van der Waals surface area contributed by atoms with Crippen molar-refractivity contribution in [2.24, 2.45) is 0 Å². The summed E-state index contributed by atoms with van der Waals surface area (Å²) in [5.74, 6) is 0.538. The summed E-state index contributed by atoms with van der Waals surface area (Å²) in [4.78, 5) is 15.1. The maximum atomic E-state index is 13.5. The van der Waals surface area contributed by atoms with E-state index in [1.165, 1.54) is 0 Å². The molecular formula is C27H20N2O2. The molecule has 0 fully saturated rings. The van der Waals surface area contributed by atoms with Gasteiger partial charge in [-0.1, -0.05) is 42.5 Å². The molecule has 31 heavy (non-hydrogen) atoms. The molecule has 0 aliphatic carbocycles. The molecule has 0 aromatic heterocycles. The lowest BCUT2D eigenvalue weighted by atomic mass is 10.0. The Morgan fingerprint density at radius 2 is 1.29 bits per heavy atom. The van der Waals surface area contributed by atoms with Crippen LogP contribution in [0.15, 0.2) is 103 Å². The maximum absolute atomic E-state index is 13.5. The molecule has 4 rings (SSSR count). The van der Waals surface area contributed by atoms with Crippen molar-refractivity contribution >= 4 is 17.3 Å². The Kier molecular flexibility index (Phi) is 5.77. The van der Waals surface area contributed by atoms with Crippen LogP contribution in [0.3, 0.4) is 0 Å². The first-order valence-electron chi connectivity index (χ1n) is 9.84. The summed E-state index contributed by atoms with van der Waals surface area (Å²) in [6.45, 7) is 0. The summed E-state index contributed by atoms with van der Waals surface area (Å²) in [6.07, 6.45) is 0. The van der Waals surface area contributed by atoms with Crippen LogP contribution < -0.4 is 9.64 Å². The van der Waals surface area contributed by atoms with E-state index < -0.39 is 0 Å². The third kappa shape index (κ3) is 4.31. The zero-order chi connectivity index (χ0) is 21.6. The molecule has 4 nitrogen and oxygen atoms in total. The predicted octanol–water partition coefficient (Wildman–Crippen LogP) is 6.21. The van der Waals surface area contributed by atoms with Crippen LogP contribution in [0.5, 0.6) is 5.75 Å². The average Bonchev–Trinajstić information content (AvgIpc) is 2.85. The number of nitrogens with zero attached hydrogens (tertiary/aromatic N) is 2. The number of nitriles is 1. The number of ether oxygens (including phenoxy) is 1. The van der Waals surface area contributed by atoms with E-state index in [9.17, 15) is 4.79 Å². The van der Waals surface area contributed by atoms with E-state index in [-0.39, 0.29) is 5.91 Å². The maximum Gasteiger partial charge on any atom is 0.262 e. The van der Waals surface area contributed by atoms with Crippen molar-refractivity contribution < 1.29 is 9.53 Å². The zero-order valence-electron chi connectivity index (χ0n) is 17.0. The molecular weight excluding hydrogens is 384 g/mol. The first kappa shape index (κ1) is 19.9. The van der Waals surface area contributed by atoms with Gasteiger partial charge in [0.25, 0.3) is 5.91 Å². The molecule has 4 heteroatoms. The molecule has 0 radical (unpaired) electrons. The molecule has 0 saturated carbocycles. The summed E-state index contributed by atoms with van der Waals surface area (Å²) in [7, 11) is 1.61. The normalized spacial score (nSPS) is 10.2. The van der Waals surface area contributed by atoms with Crippen LogP contribution in [0, 0.1) is 11.3 Å². The van der Waals surface area contributed by atoms with Gasteiger partial charge in [0.05, 0.1) is 18.7 Å². The van der Waals surface area contributed by atoms with Gasteiger partial charge >= 0.3 is 0 Å². The molecule has 0 bridgehead atoms. The van der Waals surface area contributed by atoms with Gasteiger partial charge < -0.3 is 4.74 Å². The topological polar surface area (TPSA) is 53.3 Å². The highest BCUT2D eigenvalue weighted by molar-refractivity contribution is 6.11. The lowest BCUT2D eigenvalue weighted by molar-refractivity contribution is 0.0999. The molecule has 150 valence electrons. The van der Waals surface area contributed by atoms with Crippen LogP contribution in [-0.4, -0.2) is 13.0 Å². The van der Waals surface area contributed by atoms with E-state index in [0.717, 1.165) is 22.5 Å². The van der Waals surface area contributed by atoms with Crippen molar-refractivity contribution in [1.82, 2.24) is 0 Å². The van der Waals surface area contributed by atoms with Crippen LogP contribution in [0.1, 0.15) is 15.9 Å². The first-order chi connectivity index (χ1) is 15.2. The number of hydrogen-bond donors (Lipinski definition) is 0. The molecule has 0 aliphatic rings. The van der Waals surface area contributed by atoms with Gasteiger partial charge in [-0.3, -0.25) is 9.69 Å². The second kappa shape index (κ2) is 8.98. The molecule has 0 N–H and O–H groups in total. The molecule has 0 unspecified atom stereocenters. The minimum absolute atomic E-state index is 0.179. The summed E-state index contributed by atoms with van der Waals surface area (Å²) in [6, 6.07) is 34.1. The minimum Gasteiger partial charge on any atom is -0.497 e. The van der Waals surface area contributed by atoms with Crippen LogP contribution in [0.4, 0.5) is 11.4 Å².